The van der Waals surface area contributed by atoms with Gasteiger partial charge in [-0.05, 0) is 18.2 Å². The van der Waals surface area contributed by atoms with Crippen molar-refractivity contribution in [2.75, 3.05) is 14.2 Å². The van der Waals surface area contributed by atoms with E-state index in [9.17, 15) is 0 Å². The molecule has 5 heteroatoms. The lowest BCUT2D eigenvalue weighted by Crippen LogP contribution is -1.99. The molecule has 0 unspecified atom stereocenters. The van der Waals surface area contributed by atoms with Crippen molar-refractivity contribution >= 4 is 5.65 Å². The molecule has 0 aliphatic heterocycles. The van der Waals surface area contributed by atoms with Gasteiger partial charge in [-0.2, -0.15) is 0 Å². The number of para-hydroxylation sites is 1. The molecular weight excluding hydrogens is 254 g/mol. The van der Waals surface area contributed by atoms with Gasteiger partial charge in [0.2, 0.25) is 5.65 Å². The monoisotopic (exact) mass is 269 g/mol. The van der Waals surface area contributed by atoms with Gasteiger partial charge in [-0.3, -0.25) is 4.40 Å². The highest BCUT2D eigenvalue weighted by Crippen LogP contribution is 2.22. The van der Waals surface area contributed by atoms with Gasteiger partial charge < -0.3 is 9.47 Å². The molecule has 5 nitrogen and oxygen atoms in total. The van der Waals surface area contributed by atoms with Crippen LogP contribution in [0.25, 0.3) is 5.65 Å². The number of aromatic nitrogens is 3. The molecule has 3 rings (SSSR count). The molecule has 0 amide bonds. The molecule has 1 aromatic carbocycles. The average Bonchev–Trinajstić information content (AvgIpc) is 2.91. The van der Waals surface area contributed by atoms with Gasteiger partial charge in [0.05, 0.1) is 14.2 Å². The second-order valence-electron chi connectivity index (χ2n) is 4.38. The summed E-state index contributed by atoms with van der Waals surface area (Å²) < 4.78 is 12.6. The molecule has 20 heavy (non-hydrogen) atoms. The fourth-order valence-corrected chi connectivity index (χ4v) is 2.24. The Morgan fingerprint density at radius 3 is 2.50 bits per heavy atom. The van der Waals surface area contributed by atoms with E-state index in [4.69, 9.17) is 9.47 Å². The molecule has 0 saturated carbocycles. The summed E-state index contributed by atoms with van der Waals surface area (Å²) in [4.78, 5) is 0. The predicted octanol–water partition coefficient (Wildman–Crippen LogP) is 2.34. The topological polar surface area (TPSA) is 48.7 Å². The summed E-state index contributed by atoms with van der Waals surface area (Å²) in [6.45, 7) is 0. The second kappa shape index (κ2) is 5.21. The molecule has 0 fully saturated rings. The molecule has 0 aliphatic rings. The molecule has 2 aromatic heterocycles. The van der Waals surface area contributed by atoms with Crippen molar-refractivity contribution in [3.05, 3.63) is 54.0 Å². The van der Waals surface area contributed by atoms with Crippen molar-refractivity contribution < 1.29 is 9.47 Å². The maximum atomic E-state index is 5.37. The number of methoxy groups -OCH3 is 2. The highest BCUT2D eigenvalue weighted by Gasteiger charge is 2.11. The first-order chi connectivity index (χ1) is 9.83. The van der Waals surface area contributed by atoms with E-state index in [0.29, 0.717) is 12.2 Å². The number of rotatable bonds is 4. The highest BCUT2D eigenvalue weighted by atomic mass is 16.5. The first kappa shape index (κ1) is 12.5. The summed E-state index contributed by atoms with van der Waals surface area (Å²) in [5.74, 6) is 2.42. The van der Waals surface area contributed by atoms with E-state index in [1.165, 1.54) is 0 Å². The summed E-state index contributed by atoms with van der Waals surface area (Å²) in [5.41, 5.74) is 1.80. The van der Waals surface area contributed by atoms with E-state index in [-0.39, 0.29) is 0 Å². The van der Waals surface area contributed by atoms with Gasteiger partial charge in [-0.15, -0.1) is 10.2 Å². The molecule has 2 heterocycles. The smallest absolute Gasteiger partial charge is 0.203 e. The van der Waals surface area contributed by atoms with Crippen LogP contribution in [0.1, 0.15) is 11.4 Å². The van der Waals surface area contributed by atoms with Crippen LogP contribution in [0.3, 0.4) is 0 Å². The van der Waals surface area contributed by atoms with Crippen molar-refractivity contribution in [1.29, 1.82) is 0 Å². The molecular formula is C15H15N3O2. The van der Waals surface area contributed by atoms with Gasteiger partial charge in [0, 0.05) is 18.2 Å². The fourth-order valence-electron chi connectivity index (χ4n) is 2.24. The standard InChI is InChI=1S/C15H15N3O2/c1-19-12-7-4-3-6-11(12)10-14-16-17-15-13(20-2)8-5-9-18(14)15/h3-9H,10H2,1-2H3. The number of hydrogen-bond donors (Lipinski definition) is 0. The summed E-state index contributed by atoms with van der Waals surface area (Å²) in [6, 6.07) is 11.7. The number of ether oxygens (including phenoxy) is 2. The zero-order valence-electron chi connectivity index (χ0n) is 11.4. The van der Waals surface area contributed by atoms with E-state index < -0.39 is 0 Å². The van der Waals surface area contributed by atoms with Crippen molar-refractivity contribution in [2.45, 2.75) is 6.42 Å². The second-order valence-corrected chi connectivity index (χ2v) is 4.38. The largest absolute Gasteiger partial charge is 0.496 e. The molecule has 0 radical (unpaired) electrons. The first-order valence-electron chi connectivity index (χ1n) is 6.32. The van der Waals surface area contributed by atoms with Crippen LogP contribution >= 0.6 is 0 Å². The Hall–Kier alpha value is -2.56. The van der Waals surface area contributed by atoms with Crippen LogP contribution in [0.15, 0.2) is 42.6 Å². The zero-order valence-corrected chi connectivity index (χ0v) is 11.4. The van der Waals surface area contributed by atoms with Crippen molar-refractivity contribution in [3.8, 4) is 11.5 Å². The quantitative estimate of drug-likeness (QED) is 0.729. The van der Waals surface area contributed by atoms with Crippen molar-refractivity contribution in [3.63, 3.8) is 0 Å². The molecule has 0 aliphatic carbocycles. The average molecular weight is 269 g/mol. The van der Waals surface area contributed by atoms with Gasteiger partial charge >= 0.3 is 0 Å². The maximum absolute atomic E-state index is 5.37. The normalized spacial score (nSPS) is 10.7. The Kier molecular flexibility index (Phi) is 3.25. The molecule has 0 spiro atoms. The van der Waals surface area contributed by atoms with Gasteiger partial charge in [0.25, 0.3) is 0 Å². The van der Waals surface area contributed by atoms with Gasteiger partial charge in [-0.25, -0.2) is 0 Å². The maximum Gasteiger partial charge on any atom is 0.203 e. The number of benzene rings is 1. The van der Waals surface area contributed by atoms with E-state index in [0.717, 1.165) is 22.8 Å². The lowest BCUT2D eigenvalue weighted by molar-refractivity contribution is 0.410. The van der Waals surface area contributed by atoms with Crippen LogP contribution in [0.4, 0.5) is 0 Å². The fraction of sp³-hybridized carbons (Fsp3) is 0.200. The number of nitrogens with zero attached hydrogens (tertiary/aromatic N) is 3. The molecule has 3 aromatic rings. The van der Waals surface area contributed by atoms with Crippen molar-refractivity contribution in [1.82, 2.24) is 14.6 Å². The molecule has 0 atom stereocenters. The molecule has 0 saturated heterocycles. The van der Waals surface area contributed by atoms with Crippen LogP contribution in [-0.4, -0.2) is 28.8 Å². The lowest BCUT2D eigenvalue weighted by Gasteiger charge is -2.07. The minimum absolute atomic E-state index is 0.651. The summed E-state index contributed by atoms with van der Waals surface area (Å²) >= 11 is 0. The third kappa shape index (κ3) is 2.07. The summed E-state index contributed by atoms with van der Waals surface area (Å²) in [6.07, 6.45) is 2.58. The lowest BCUT2D eigenvalue weighted by atomic mass is 10.1. The Labute approximate surface area is 116 Å². The van der Waals surface area contributed by atoms with E-state index >= 15 is 0 Å². The Morgan fingerprint density at radius 2 is 1.70 bits per heavy atom. The molecule has 0 N–H and O–H groups in total. The minimum Gasteiger partial charge on any atom is -0.496 e. The van der Waals surface area contributed by atoms with Crippen LogP contribution < -0.4 is 9.47 Å². The Balaban J connectivity index is 2.03. The van der Waals surface area contributed by atoms with E-state index in [1.54, 1.807) is 14.2 Å². The van der Waals surface area contributed by atoms with Gasteiger partial charge in [0.1, 0.15) is 11.6 Å². The predicted molar refractivity (Wildman–Crippen MR) is 75.3 cm³/mol. The highest BCUT2D eigenvalue weighted by molar-refractivity contribution is 5.53. The van der Waals surface area contributed by atoms with E-state index in [2.05, 4.69) is 10.2 Å². The van der Waals surface area contributed by atoms with Crippen LogP contribution in [0.2, 0.25) is 0 Å². The zero-order chi connectivity index (χ0) is 13.9. The molecule has 102 valence electrons. The molecule has 0 bridgehead atoms. The van der Waals surface area contributed by atoms with Gasteiger partial charge in [-0.1, -0.05) is 18.2 Å². The minimum atomic E-state index is 0.651. The Morgan fingerprint density at radius 1 is 0.950 bits per heavy atom. The number of hydrogen-bond acceptors (Lipinski definition) is 4. The number of pyridine rings is 1. The van der Waals surface area contributed by atoms with Gasteiger partial charge in [0.15, 0.2) is 5.75 Å². The van der Waals surface area contributed by atoms with Crippen LogP contribution in [-0.2, 0) is 6.42 Å². The Bertz CT molecular complexity index is 737. The third-order valence-electron chi connectivity index (χ3n) is 3.23. The van der Waals surface area contributed by atoms with Crippen LogP contribution in [0, 0.1) is 0 Å². The third-order valence-corrected chi connectivity index (χ3v) is 3.23. The van der Waals surface area contributed by atoms with E-state index in [1.807, 2.05) is 47.0 Å². The first-order valence-corrected chi connectivity index (χ1v) is 6.32. The van der Waals surface area contributed by atoms with Crippen molar-refractivity contribution in [2.24, 2.45) is 0 Å². The summed E-state index contributed by atoms with van der Waals surface area (Å²) in [5, 5.41) is 8.44. The summed E-state index contributed by atoms with van der Waals surface area (Å²) in [7, 11) is 3.30. The SMILES string of the molecule is COc1ccccc1Cc1nnc2c(OC)cccn12. The van der Waals surface area contributed by atoms with Crippen LogP contribution in [0.5, 0.6) is 11.5 Å². The number of fused-ring (bicyclic) bond motifs is 1.